The zero-order chi connectivity index (χ0) is 17.1. The van der Waals surface area contributed by atoms with Crippen LogP contribution in [0.5, 0.6) is 0 Å². The van der Waals surface area contributed by atoms with Crippen molar-refractivity contribution in [3.8, 4) is 5.69 Å². The Morgan fingerprint density at radius 3 is 2.21 bits per heavy atom. The van der Waals surface area contributed by atoms with E-state index >= 15 is 0 Å². The van der Waals surface area contributed by atoms with E-state index in [-0.39, 0.29) is 0 Å². The second kappa shape index (κ2) is 6.88. The van der Waals surface area contributed by atoms with Gasteiger partial charge in [-0.15, -0.1) is 0 Å². The second-order valence-electron chi connectivity index (χ2n) is 6.50. The van der Waals surface area contributed by atoms with Gasteiger partial charge in [0.05, 0.1) is 5.69 Å². The number of hydrogen-bond acceptors (Lipinski definition) is 1. The minimum atomic E-state index is 0.549. The normalized spacial score (nSPS) is 11.5. The molecule has 0 aliphatic heterocycles. The van der Waals surface area contributed by atoms with Crippen LogP contribution in [0, 0.1) is 13.8 Å². The average Bonchev–Trinajstić information content (AvgIpc) is 2.88. The Kier molecular flexibility index (Phi) is 4.66. The van der Waals surface area contributed by atoms with Crippen molar-refractivity contribution < 1.29 is 0 Å². The highest BCUT2D eigenvalue weighted by molar-refractivity contribution is 5.84. The summed E-state index contributed by atoms with van der Waals surface area (Å²) in [5, 5.41) is 0. The number of rotatable bonds is 4. The molecule has 0 radical (unpaired) electrons. The molecule has 0 aliphatic rings. The fraction of sp³-hybridized carbons (Fsp3) is 0.227. The van der Waals surface area contributed by atoms with Crippen molar-refractivity contribution >= 4 is 11.9 Å². The summed E-state index contributed by atoms with van der Waals surface area (Å²) in [5.74, 6) is 0.549. The lowest BCUT2D eigenvalue weighted by Crippen LogP contribution is -1.98. The summed E-state index contributed by atoms with van der Waals surface area (Å²) in [6.07, 6.45) is 1.96. The maximum atomic E-state index is 4.65. The lowest BCUT2D eigenvalue weighted by atomic mass is 10.0. The number of aromatic nitrogens is 1. The molecule has 0 saturated heterocycles. The van der Waals surface area contributed by atoms with E-state index < -0.39 is 0 Å². The van der Waals surface area contributed by atoms with Crippen LogP contribution in [0.3, 0.4) is 0 Å². The van der Waals surface area contributed by atoms with Crippen LogP contribution in [0.4, 0.5) is 5.69 Å². The zero-order valence-corrected chi connectivity index (χ0v) is 14.8. The highest BCUT2D eigenvalue weighted by Crippen LogP contribution is 2.22. The number of benzene rings is 2. The van der Waals surface area contributed by atoms with Crippen molar-refractivity contribution in [3.05, 3.63) is 83.2 Å². The van der Waals surface area contributed by atoms with E-state index in [4.69, 9.17) is 0 Å². The molecule has 1 aromatic heterocycles. The minimum Gasteiger partial charge on any atom is -0.318 e. The van der Waals surface area contributed by atoms with Gasteiger partial charge in [0.2, 0.25) is 0 Å². The van der Waals surface area contributed by atoms with Crippen LogP contribution in [0.1, 0.15) is 42.3 Å². The lowest BCUT2D eigenvalue weighted by Gasteiger charge is -2.09. The van der Waals surface area contributed by atoms with E-state index in [1.165, 1.54) is 22.6 Å². The predicted molar refractivity (Wildman–Crippen MR) is 103 cm³/mol. The third-order valence-corrected chi connectivity index (χ3v) is 4.40. The molecule has 0 atom stereocenters. The fourth-order valence-electron chi connectivity index (χ4n) is 2.98. The largest absolute Gasteiger partial charge is 0.318 e. The molecule has 1 heterocycles. The molecule has 0 saturated carbocycles. The van der Waals surface area contributed by atoms with Crippen molar-refractivity contribution in [1.82, 2.24) is 4.57 Å². The molecule has 2 aromatic carbocycles. The van der Waals surface area contributed by atoms with Gasteiger partial charge in [0, 0.05) is 28.9 Å². The molecule has 3 aromatic rings. The number of nitrogens with zero attached hydrogens (tertiary/aromatic N) is 2. The Morgan fingerprint density at radius 2 is 1.58 bits per heavy atom. The number of aryl methyl sites for hydroxylation is 1. The molecule has 0 bridgehead atoms. The summed E-state index contributed by atoms with van der Waals surface area (Å²) in [5.41, 5.74) is 7.11. The molecule has 24 heavy (non-hydrogen) atoms. The van der Waals surface area contributed by atoms with E-state index in [2.05, 4.69) is 91.9 Å². The molecule has 0 fully saturated rings. The lowest BCUT2D eigenvalue weighted by molar-refractivity contribution is 0.867. The highest BCUT2D eigenvalue weighted by atomic mass is 15.0. The van der Waals surface area contributed by atoms with E-state index in [1.807, 2.05) is 12.3 Å². The van der Waals surface area contributed by atoms with Crippen LogP contribution in [0.2, 0.25) is 0 Å². The molecular formula is C22H24N2. The van der Waals surface area contributed by atoms with E-state index in [1.54, 1.807) is 0 Å². The molecular weight excluding hydrogens is 292 g/mol. The Balaban J connectivity index is 1.88. The van der Waals surface area contributed by atoms with E-state index in [0.29, 0.717) is 5.92 Å². The van der Waals surface area contributed by atoms with Crippen molar-refractivity contribution in [2.24, 2.45) is 4.99 Å². The van der Waals surface area contributed by atoms with E-state index in [0.717, 1.165) is 11.3 Å². The quantitative estimate of drug-likeness (QED) is 0.528. The first-order valence-electron chi connectivity index (χ1n) is 8.44. The molecule has 2 nitrogen and oxygen atoms in total. The Morgan fingerprint density at radius 1 is 0.917 bits per heavy atom. The zero-order valence-electron chi connectivity index (χ0n) is 14.8. The van der Waals surface area contributed by atoms with Crippen molar-refractivity contribution in [2.75, 3.05) is 0 Å². The van der Waals surface area contributed by atoms with Gasteiger partial charge < -0.3 is 4.57 Å². The van der Waals surface area contributed by atoms with Crippen LogP contribution in [0.25, 0.3) is 5.69 Å². The van der Waals surface area contributed by atoms with Gasteiger partial charge in [0.25, 0.3) is 0 Å². The summed E-state index contributed by atoms with van der Waals surface area (Å²) < 4.78 is 2.27. The molecule has 0 spiro atoms. The summed E-state index contributed by atoms with van der Waals surface area (Å²) in [4.78, 5) is 4.65. The van der Waals surface area contributed by atoms with Crippen LogP contribution >= 0.6 is 0 Å². The first kappa shape index (κ1) is 16.3. The van der Waals surface area contributed by atoms with Gasteiger partial charge in [-0.1, -0.05) is 44.2 Å². The van der Waals surface area contributed by atoms with Gasteiger partial charge in [-0.2, -0.15) is 0 Å². The molecule has 3 rings (SSSR count). The topological polar surface area (TPSA) is 17.3 Å². The summed E-state index contributed by atoms with van der Waals surface area (Å²) in [7, 11) is 0. The van der Waals surface area contributed by atoms with Crippen LogP contribution < -0.4 is 0 Å². The third kappa shape index (κ3) is 3.33. The van der Waals surface area contributed by atoms with Gasteiger partial charge in [-0.25, -0.2) is 0 Å². The number of para-hydroxylation sites is 1. The van der Waals surface area contributed by atoms with Crippen LogP contribution in [-0.2, 0) is 0 Å². The molecule has 2 heteroatoms. The van der Waals surface area contributed by atoms with E-state index in [9.17, 15) is 0 Å². The van der Waals surface area contributed by atoms with Gasteiger partial charge in [0.1, 0.15) is 0 Å². The minimum absolute atomic E-state index is 0.549. The van der Waals surface area contributed by atoms with Gasteiger partial charge in [-0.3, -0.25) is 4.99 Å². The predicted octanol–water partition coefficient (Wildman–Crippen LogP) is 5.97. The maximum absolute atomic E-state index is 4.65. The highest BCUT2D eigenvalue weighted by Gasteiger charge is 2.08. The molecule has 0 aliphatic carbocycles. The third-order valence-electron chi connectivity index (χ3n) is 4.40. The van der Waals surface area contributed by atoms with Crippen LogP contribution in [-0.4, -0.2) is 10.8 Å². The van der Waals surface area contributed by atoms with Crippen LogP contribution in [0.15, 0.2) is 65.7 Å². The maximum Gasteiger partial charge on any atom is 0.0630 e. The smallest absolute Gasteiger partial charge is 0.0630 e. The Bertz CT molecular complexity index is 838. The SMILES string of the molecule is Cc1cc(C=Nc2ccc(C(C)C)cc2)c(C)n1-c1ccccc1. The summed E-state index contributed by atoms with van der Waals surface area (Å²) in [6.45, 7) is 8.69. The monoisotopic (exact) mass is 316 g/mol. The first-order chi connectivity index (χ1) is 11.6. The van der Waals surface area contributed by atoms with Crippen molar-refractivity contribution in [3.63, 3.8) is 0 Å². The molecule has 0 amide bonds. The molecule has 0 N–H and O–H groups in total. The average molecular weight is 316 g/mol. The van der Waals surface area contributed by atoms with Gasteiger partial charge in [-0.05, 0) is 55.7 Å². The van der Waals surface area contributed by atoms with Crippen molar-refractivity contribution in [2.45, 2.75) is 33.6 Å². The fourth-order valence-corrected chi connectivity index (χ4v) is 2.98. The van der Waals surface area contributed by atoms with Gasteiger partial charge in [0.15, 0.2) is 0 Å². The summed E-state index contributed by atoms with van der Waals surface area (Å²) in [6, 6.07) is 21.1. The van der Waals surface area contributed by atoms with Gasteiger partial charge >= 0.3 is 0 Å². The number of hydrogen-bond donors (Lipinski definition) is 0. The second-order valence-corrected chi connectivity index (χ2v) is 6.50. The standard InChI is InChI=1S/C22H24N2/c1-16(2)19-10-12-21(13-11-19)23-15-20-14-17(3)24(18(20)4)22-8-6-5-7-9-22/h5-16H,1-4H3. The molecule has 122 valence electrons. The number of aliphatic imine (C=N–C) groups is 1. The molecule has 0 unspecified atom stereocenters. The Hall–Kier alpha value is -2.61. The van der Waals surface area contributed by atoms with Crippen molar-refractivity contribution in [1.29, 1.82) is 0 Å². The first-order valence-corrected chi connectivity index (χ1v) is 8.44. The Labute approximate surface area is 144 Å². The summed E-state index contributed by atoms with van der Waals surface area (Å²) >= 11 is 0.